The Labute approximate surface area is 187 Å². The summed E-state index contributed by atoms with van der Waals surface area (Å²) in [6, 6.07) is 5.86. The molecule has 4 aromatic rings. The molecule has 1 saturated heterocycles. The molecule has 0 amide bonds. The summed E-state index contributed by atoms with van der Waals surface area (Å²) in [4.78, 5) is 15.3. The third-order valence-corrected chi connectivity index (χ3v) is 7.66. The molecule has 0 saturated carbocycles. The number of anilines is 2. The number of halogens is 1. The molecule has 0 radical (unpaired) electrons. The summed E-state index contributed by atoms with van der Waals surface area (Å²) >= 11 is 3.51. The number of aromatic nitrogens is 5. The second kappa shape index (κ2) is 7.57. The molecular formula is C20H18BrN7O2S. The zero-order chi connectivity index (χ0) is 21.6. The third-order valence-electron chi connectivity index (χ3n) is 5.29. The average Bonchev–Trinajstić information content (AvgIpc) is 3.21. The average molecular weight is 500 g/mol. The van der Waals surface area contributed by atoms with Gasteiger partial charge in [-0.3, -0.25) is 9.97 Å². The first-order valence-corrected chi connectivity index (χ1v) is 12.2. The van der Waals surface area contributed by atoms with Crippen LogP contribution in [0.2, 0.25) is 0 Å². The van der Waals surface area contributed by atoms with Gasteiger partial charge < -0.3 is 10.6 Å². The number of rotatable bonds is 3. The molecule has 0 bridgehead atoms. The van der Waals surface area contributed by atoms with Crippen molar-refractivity contribution in [2.45, 2.75) is 0 Å². The van der Waals surface area contributed by atoms with E-state index in [0.717, 1.165) is 22.3 Å². The van der Waals surface area contributed by atoms with E-state index in [4.69, 9.17) is 10.7 Å². The fourth-order valence-electron chi connectivity index (χ4n) is 3.60. The number of hydrogen-bond donors (Lipinski definition) is 1. The summed E-state index contributed by atoms with van der Waals surface area (Å²) in [5, 5.41) is 4.41. The van der Waals surface area contributed by atoms with E-state index in [1.54, 1.807) is 35.5 Å². The first kappa shape index (κ1) is 19.9. The van der Waals surface area contributed by atoms with Crippen molar-refractivity contribution < 1.29 is 8.42 Å². The van der Waals surface area contributed by atoms with Crippen LogP contribution < -0.4 is 10.6 Å². The van der Waals surface area contributed by atoms with E-state index in [9.17, 15) is 8.42 Å². The molecular weight excluding hydrogens is 482 g/mol. The summed E-state index contributed by atoms with van der Waals surface area (Å²) in [7, 11) is -3.01. The molecule has 158 valence electrons. The third kappa shape index (κ3) is 3.63. The van der Waals surface area contributed by atoms with Crippen molar-refractivity contribution in [1.82, 2.24) is 24.6 Å². The van der Waals surface area contributed by atoms with Crippen LogP contribution in [-0.2, 0) is 9.84 Å². The van der Waals surface area contributed by atoms with Crippen LogP contribution in [0.5, 0.6) is 0 Å². The van der Waals surface area contributed by atoms with Crippen molar-refractivity contribution in [3.63, 3.8) is 0 Å². The Balaban J connectivity index is 1.61. The Hall–Kier alpha value is -3.05. The van der Waals surface area contributed by atoms with Crippen molar-refractivity contribution in [3.05, 3.63) is 53.7 Å². The molecule has 31 heavy (non-hydrogen) atoms. The van der Waals surface area contributed by atoms with Crippen LogP contribution in [0, 0.1) is 0 Å². The number of nitrogen functional groups attached to an aromatic ring is 1. The molecule has 0 unspecified atom stereocenters. The first-order valence-electron chi connectivity index (χ1n) is 9.57. The summed E-state index contributed by atoms with van der Waals surface area (Å²) in [5.74, 6) is 1.19. The van der Waals surface area contributed by atoms with E-state index in [1.165, 1.54) is 0 Å². The van der Waals surface area contributed by atoms with Crippen molar-refractivity contribution in [2.75, 3.05) is 35.2 Å². The fraction of sp³-hybridized carbons (Fsp3) is 0.200. The zero-order valence-electron chi connectivity index (χ0n) is 16.3. The molecule has 11 heteroatoms. The lowest BCUT2D eigenvalue weighted by atomic mass is 10.1. The largest absolute Gasteiger partial charge is 0.383 e. The molecule has 0 spiro atoms. The molecule has 5 heterocycles. The summed E-state index contributed by atoms with van der Waals surface area (Å²) < 4.78 is 25.8. The van der Waals surface area contributed by atoms with Gasteiger partial charge in [-0.1, -0.05) is 6.07 Å². The van der Waals surface area contributed by atoms with Gasteiger partial charge in [-0.25, -0.2) is 13.4 Å². The maximum Gasteiger partial charge on any atom is 0.167 e. The van der Waals surface area contributed by atoms with E-state index in [-0.39, 0.29) is 11.5 Å². The number of pyridine rings is 2. The lowest BCUT2D eigenvalue weighted by Crippen LogP contribution is -2.41. The zero-order valence-corrected chi connectivity index (χ0v) is 18.7. The predicted molar refractivity (Wildman–Crippen MR) is 122 cm³/mol. The molecule has 1 fully saturated rings. The van der Waals surface area contributed by atoms with Crippen molar-refractivity contribution in [1.29, 1.82) is 0 Å². The van der Waals surface area contributed by atoms with Gasteiger partial charge >= 0.3 is 0 Å². The van der Waals surface area contributed by atoms with E-state index in [1.807, 2.05) is 23.1 Å². The molecule has 0 atom stereocenters. The van der Waals surface area contributed by atoms with Crippen LogP contribution in [0.3, 0.4) is 0 Å². The van der Waals surface area contributed by atoms with Crippen LogP contribution in [0.15, 0.2) is 53.7 Å². The molecule has 0 aliphatic carbocycles. The van der Waals surface area contributed by atoms with E-state index in [0.29, 0.717) is 34.8 Å². The quantitative estimate of drug-likeness (QED) is 0.456. The van der Waals surface area contributed by atoms with Gasteiger partial charge in [-0.05, 0) is 28.1 Å². The van der Waals surface area contributed by atoms with Gasteiger partial charge in [0.05, 0.1) is 17.7 Å². The van der Waals surface area contributed by atoms with Crippen LogP contribution in [0.4, 0.5) is 11.6 Å². The molecule has 2 N–H and O–H groups in total. The van der Waals surface area contributed by atoms with Gasteiger partial charge in [0, 0.05) is 60.1 Å². The Morgan fingerprint density at radius 1 is 1.00 bits per heavy atom. The highest BCUT2D eigenvalue weighted by molar-refractivity contribution is 9.10. The smallest absolute Gasteiger partial charge is 0.167 e. The van der Waals surface area contributed by atoms with Gasteiger partial charge in [0.15, 0.2) is 15.5 Å². The second-order valence-corrected chi connectivity index (χ2v) is 10.4. The summed E-state index contributed by atoms with van der Waals surface area (Å²) in [6.07, 6.45) is 8.75. The number of hydrogen-bond acceptors (Lipinski definition) is 8. The minimum absolute atomic E-state index is 0.0927. The van der Waals surface area contributed by atoms with Crippen LogP contribution in [0.1, 0.15) is 0 Å². The second-order valence-electron chi connectivity index (χ2n) is 7.27. The van der Waals surface area contributed by atoms with E-state index >= 15 is 0 Å². The highest BCUT2D eigenvalue weighted by Gasteiger charge is 2.26. The maximum atomic E-state index is 11.8. The van der Waals surface area contributed by atoms with Gasteiger partial charge in [0.25, 0.3) is 0 Å². The van der Waals surface area contributed by atoms with Gasteiger partial charge in [0.1, 0.15) is 16.1 Å². The van der Waals surface area contributed by atoms with Crippen LogP contribution in [0.25, 0.3) is 27.9 Å². The van der Waals surface area contributed by atoms with Gasteiger partial charge in [-0.2, -0.15) is 9.61 Å². The fourth-order valence-corrected chi connectivity index (χ4v) is 5.31. The predicted octanol–water partition coefficient (Wildman–Crippen LogP) is 2.43. The highest BCUT2D eigenvalue weighted by Crippen LogP contribution is 2.35. The van der Waals surface area contributed by atoms with Crippen molar-refractivity contribution >= 4 is 43.1 Å². The minimum Gasteiger partial charge on any atom is -0.383 e. The number of fused-ring (bicyclic) bond motifs is 1. The Kier molecular flexibility index (Phi) is 4.86. The normalized spacial score (nSPS) is 16.0. The van der Waals surface area contributed by atoms with Crippen LogP contribution >= 0.6 is 15.9 Å². The topological polar surface area (TPSA) is 119 Å². The SMILES string of the molecule is Nc1c(Br)c(N2CCS(=O)(=O)CC2)nc2c(-c3cncc(-c4cccnc4)c3)cnn12. The number of nitrogens with zero attached hydrogens (tertiary/aromatic N) is 6. The Morgan fingerprint density at radius 3 is 2.48 bits per heavy atom. The summed E-state index contributed by atoms with van der Waals surface area (Å²) in [5.41, 5.74) is 10.4. The molecule has 5 rings (SSSR count). The molecule has 1 aliphatic rings. The lowest BCUT2D eigenvalue weighted by Gasteiger charge is -2.28. The highest BCUT2D eigenvalue weighted by atomic mass is 79.9. The minimum atomic E-state index is -3.01. The maximum absolute atomic E-state index is 11.8. The van der Waals surface area contributed by atoms with Crippen molar-refractivity contribution in [3.8, 4) is 22.3 Å². The lowest BCUT2D eigenvalue weighted by molar-refractivity contribution is 0.586. The van der Waals surface area contributed by atoms with Gasteiger partial charge in [0.2, 0.25) is 0 Å². The van der Waals surface area contributed by atoms with Gasteiger partial charge in [-0.15, -0.1) is 0 Å². The number of sulfone groups is 1. The number of nitrogens with two attached hydrogens (primary N) is 1. The molecule has 4 aromatic heterocycles. The Bertz CT molecular complexity index is 1380. The standard InChI is InChI=1S/C20H18BrN7O2S/c21-17-18(22)28-19(26-20(17)27-4-6-31(29,30)7-5-27)16(12-25-28)15-8-14(10-24-11-15)13-2-1-3-23-9-13/h1-3,8-12H,4-7,22H2. The first-order chi connectivity index (χ1) is 14.9. The van der Waals surface area contributed by atoms with E-state index in [2.05, 4.69) is 31.0 Å². The molecule has 1 aliphatic heterocycles. The Morgan fingerprint density at radius 2 is 1.74 bits per heavy atom. The summed E-state index contributed by atoms with van der Waals surface area (Å²) in [6.45, 7) is 0.732. The van der Waals surface area contributed by atoms with E-state index < -0.39 is 9.84 Å². The van der Waals surface area contributed by atoms with Crippen LogP contribution in [-0.4, -0.2) is 57.6 Å². The molecule has 9 nitrogen and oxygen atoms in total. The molecule has 0 aromatic carbocycles. The van der Waals surface area contributed by atoms with Crippen molar-refractivity contribution in [2.24, 2.45) is 0 Å². The monoisotopic (exact) mass is 499 g/mol.